The highest BCUT2D eigenvalue weighted by atomic mass is 32.2. The summed E-state index contributed by atoms with van der Waals surface area (Å²) in [5, 5.41) is 7.75. The molecule has 0 amide bonds. The van der Waals surface area contributed by atoms with Gasteiger partial charge in [-0.25, -0.2) is 0 Å². The third-order valence-corrected chi connectivity index (χ3v) is 3.77. The van der Waals surface area contributed by atoms with Crippen LogP contribution in [0.15, 0.2) is 33.9 Å². The van der Waals surface area contributed by atoms with Gasteiger partial charge in [0, 0.05) is 0 Å². The quantitative estimate of drug-likeness (QED) is 0.540. The SMILES string of the molecule is CCCOC(=O)C(C)Sc1nnc(COc2cccc(C)c2)o1. The van der Waals surface area contributed by atoms with Gasteiger partial charge in [0.2, 0.25) is 0 Å². The second-order valence-corrected chi connectivity index (χ2v) is 6.29. The van der Waals surface area contributed by atoms with Gasteiger partial charge >= 0.3 is 5.97 Å². The standard InChI is InChI=1S/C16H20N2O4S/c1-4-8-20-15(19)12(3)23-16-18-17-14(22-16)10-21-13-7-5-6-11(2)9-13/h5-7,9,12H,4,8,10H2,1-3H3. The van der Waals surface area contributed by atoms with E-state index >= 15 is 0 Å². The average Bonchev–Trinajstić information content (AvgIpc) is 2.98. The first-order valence-electron chi connectivity index (χ1n) is 7.43. The zero-order valence-electron chi connectivity index (χ0n) is 13.4. The number of benzene rings is 1. The molecule has 0 saturated carbocycles. The Kier molecular flexibility index (Phi) is 6.46. The summed E-state index contributed by atoms with van der Waals surface area (Å²) < 4.78 is 16.1. The Morgan fingerprint density at radius 2 is 2.22 bits per heavy atom. The number of ether oxygens (including phenoxy) is 2. The van der Waals surface area contributed by atoms with Crippen molar-refractivity contribution in [2.75, 3.05) is 6.61 Å². The average molecular weight is 336 g/mol. The van der Waals surface area contributed by atoms with Gasteiger partial charge in [0.15, 0.2) is 6.61 Å². The molecule has 0 saturated heterocycles. The molecule has 0 bridgehead atoms. The first-order valence-corrected chi connectivity index (χ1v) is 8.31. The number of nitrogens with zero attached hydrogens (tertiary/aromatic N) is 2. The van der Waals surface area contributed by atoms with Crippen LogP contribution in [-0.4, -0.2) is 28.0 Å². The van der Waals surface area contributed by atoms with Crippen molar-refractivity contribution in [2.24, 2.45) is 0 Å². The fourth-order valence-corrected chi connectivity index (χ4v) is 2.41. The van der Waals surface area contributed by atoms with E-state index in [1.165, 1.54) is 11.8 Å². The predicted octanol–water partition coefficient (Wildman–Crippen LogP) is 3.39. The summed E-state index contributed by atoms with van der Waals surface area (Å²) in [6.45, 7) is 6.29. The van der Waals surface area contributed by atoms with Crippen LogP contribution in [0.25, 0.3) is 0 Å². The Morgan fingerprint density at radius 3 is 2.96 bits per heavy atom. The molecule has 7 heteroatoms. The first kappa shape index (κ1) is 17.3. The van der Waals surface area contributed by atoms with Crippen molar-refractivity contribution in [3.63, 3.8) is 0 Å². The van der Waals surface area contributed by atoms with E-state index in [4.69, 9.17) is 13.9 Å². The number of rotatable bonds is 8. The van der Waals surface area contributed by atoms with Crippen LogP contribution in [0.4, 0.5) is 0 Å². The van der Waals surface area contributed by atoms with E-state index in [-0.39, 0.29) is 12.6 Å². The summed E-state index contributed by atoms with van der Waals surface area (Å²) in [4.78, 5) is 11.7. The molecule has 0 aliphatic rings. The molecule has 1 unspecified atom stereocenters. The van der Waals surface area contributed by atoms with E-state index in [1.807, 2.05) is 38.1 Å². The minimum Gasteiger partial charge on any atom is -0.484 e. The van der Waals surface area contributed by atoms with Crippen molar-refractivity contribution in [1.82, 2.24) is 10.2 Å². The van der Waals surface area contributed by atoms with Gasteiger partial charge in [-0.2, -0.15) is 0 Å². The molecule has 1 atom stereocenters. The van der Waals surface area contributed by atoms with E-state index in [0.717, 1.165) is 17.7 Å². The Balaban J connectivity index is 1.84. The third kappa shape index (κ3) is 5.59. The Labute approximate surface area is 139 Å². The largest absolute Gasteiger partial charge is 0.484 e. The van der Waals surface area contributed by atoms with Gasteiger partial charge in [-0.05, 0) is 38.0 Å². The van der Waals surface area contributed by atoms with E-state index in [2.05, 4.69) is 10.2 Å². The van der Waals surface area contributed by atoms with Crippen LogP contribution in [0, 0.1) is 6.92 Å². The fraction of sp³-hybridized carbons (Fsp3) is 0.438. The number of hydrogen-bond acceptors (Lipinski definition) is 7. The molecular weight excluding hydrogens is 316 g/mol. The van der Waals surface area contributed by atoms with Gasteiger partial charge in [-0.15, -0.1) is 10.2 Å². The molecule has 0 fully saturated rings. The maximum absolute atomic E-state index is 11.7. The van der Waals surface area contributed by atoms with E-state index in [1.54, 1.807) is 6.92 Å². The lowest BCUT2D eigenvalue weighted by Gasteiger charge is -2.07. The van der Waals surface area contributed by atoms with Gasteiger partial charge in [-0.3, -0.25) is 4.79 Å². The number of aromatic nitrogens is 2. The van der Waals surface area contributed by atoms with Crippen molar-refractivity contribution >= 4 is 17.7 Å². The minimum atomic E-state index is -0.396. The number of aryl methyl sites for hydroxylation is 1. The lowest BCUT2D eigenvalue weighted by atomic mass is 10.2. The molecule has 0 aliphatic carbocycles. The van der Waals surface area contributed by atoms with Gasteiger partial charge in [-0.1, -0.05) is 30.8 Å². The fourth-order valence-electron chi connectivity index (χ4n) is 1.71. The monoisotopic (exact) mass is 336 g/mol. The van der Waals surface area contributed by atoms with E-state index in [0.29, 0.717) is 17.7 Å². The predicted molar refractivity (Wildman–Crippen MR) is 86.4 cm³/mol. The Bertz CT molecular complexity index is 645. The molecule has 0 radical (unpaired) electrons. The van der Waals surface area contributed by atoms with Crippen LogP contribution in [0.3, 0.4) is 0 Å². The molecule has 124 valence electrons. The molecule has 6 nitrogen and oxygen atoms in total. The maximum Gasteiger partial charge on any atom is 0.319 e. The van der Waals surface area contributed by atoms with Crippen molar-refractivity contribution in [1.29, 1.82) is 0 Å². The summed E-state index contributed by atoms with van der Waals surface area (Å²) in [7, 11) is 0. The second-order valence-electron chi connectivity index (χ2n) is 4.99. The van der Waals surface area contributed by atoms with Crippen molar-refractivity contribution in [3.05, 3.63) is 35.7 Å². The molecule has 2 aromatic rings. The smallest absolute Gasteiger partial charge is 0.319 e. The second kappa shape index (κ2) is 8.57. The molecular formula is C16H20N2O4S. The summed E-state index contributed by atoms with van der Waals surface area (Å²) in [5.74, 6) is 0.824. The van der Waals surface area contributed by atoms with Crippen LogP contribution >= 0.6 is 11.8 Å². The lowest BCUT2D eigenvalue weighted by molar-refractivity contribution is -0.142. The maximum atomic E-state index is 11.7. The summed E-state index contributed by atoms with van der Waals surface area (Å²) in [6.07, 6.45) is 0.796. The highest BCUT2D eigenvalue weighted by Crippen LogP contribution is 2.23. The topological polar surface area (TPSA) is 74.5 Å². The number of carbonyl (C=O) groups excluding carboxylic acids is 1. The Morgan fingerprint density at radius 1 is 1.39 bits per heavy atom. The van der Waals surface area contributed by atoms with Crippen molar-refractivity contribution in [3.8, 4) is 5.75 Å². The van der Waals surface area contributed by atoms with Crippen LogP contribution in [0.2, 0.25) is 0 Å². The van der Waals surface area contributed by atoms with Crippen molar-refractivity contribution in [2.45, 2.75) is 44.3 Å². The zero-order valence-corrected chi connectivity index (χ0v) is 14.3. The van der Waals surface area contributed by atoms with Crippen LogP contribution in [0.1, 0.15) is 31.7 Å². The summed E-state index contributed by atoms with van der Waals surface area (Å²) in [5.41, 5.74) is 1.11. The third-order valence-electron chi connectivity index (χ3n) is 2.86. The molecule has 0 N–H and O–H groups in total. The normalized spacial score (nSPS) is 12.0. The first-order chi connectivity index (χ1) is 11.1. The summed E-state index contributed by atoms with van der Waals surface area (Å²) in [6, 6.07) is 7.71. The molecule has 2 rings (SSSR count). The highest BCUT2D eigenvalue weighted by molar-refractivity contribution is 8.00. The van der Waals surface area contributed by atoms with Crippen LogP contribution in [0.5, 0.6) is 5.75 Å². The molecule has 1 heterocycles. The number of thioether (sulfide) groups is 1. The van der Waals surface area contributed by atoms with E-state index < -0.39 is 5.25 Å². The van der Waals surface area contributed by atoms with E-state index in [9.17, 15) is 4.79 Å². The van der Waals surface area contributed by atoms with Crippen LogP contribution in [-0.2, 0) is 16.1 Å². The Hall–Kier alpha value is -2.02. The summed E-state index contributed by atoms with van der Waals surface area (Å²) >= 11 is 1.18. The highest BCUT2D eigenvalue weighted by Gasteiger charge is 2.19. The molecule has 1 aromatic carbocycles. The molecule has 23 heavy (non-hydrogen) atoms. The lowest BCUT2D eigenvalue weighted by Crippen LogP contribution is -2.17. The van der Waals surface area contributed by atoms with Gasteiger partial charge in [0.25, 0.3) is 11.1 Å². The minimum absolute atomic E-state index is 0.186. The van der Waals surface area contributed by atoms with Gasteiger partial charge in [0.05, 0.1) is 6.61 Å². The molecule has 0 spiro atoms. The molecule has 0 aliphatic heterocycles. The van der Waals surface area contributed by atoms with Crippen molar-refractivity contribution < 1.29 is 18.7 Å². The van der Waals surface area contributed by atoms with Gasteiger partial charge in [0.1, 0.15) is 11.0 Å². The number of carbonyl (C=O) groups is 1. The zero-order chi connectivity index (χ0) is 16.7. The van der Waals surface area contributed by atoms with Gasteiger partial charge < -0.3 is 13.9 Å². The molecule has 1 aromatic heterocycles. The number of hydrogen-bond donors (Lipinski definition) is 0. The number of esters is 1. The van der Waals surface area contributed by atoms with Crippen LogP contribution < -0.4 is 4.74 Å².